The molecule has 84 valence electrons. The average molecular weight is 294 g/mol. The van der Waals surface area contributed by atoms with E-state index < -0.39 is 9.84 Å². The van der Waals surface area contributed by atoms with Crippen LogP contribution in [0.2, 0.25) is 0 Å². The SMILES string of the molecule is Nc1c(Br)cnn1C1CCCS(=O)(=O)C1. The molecule has 2 heterocycles. The van der Waals surface area contributed by atoms with Crippen molar-refractivity contribution in [3.8, 4) is 0 Å². The van der Waals surface area contributed by atoms with E-state index in [4.69, 9.17) is 5.73 Å². The minimum absolute atomic E-state index is 0.116. The van der Waals surface area contributed by atoms with Crippen LogP contribution in [0.3, 0.4) is 0 Å². The Hall–Kier alpha value is -0.560. The van der Waals surface area contributed by atoms with E-state index in [-0.39, 0.29) is 17.5 Å². The monoisotopic (exact) mass is 293 g/mol. The summed E-state index contributed by atoms with van der Waals surface area (Å²) >= 11 is 3.25. The van der Waals surface area contributed by atoms with Crippen LogP contribution in [-0.2, 0) is 9.84 Å². The highest BCUT2D eigenvalue weighted by molar-refractivity contribution is 9.10. The Balaban J connectivity index is 2.28. The second-order valence-electron chi connectivity index (χ2n) is 3.73. The molecule has 2 N–H and O–H groups in total. The van der Waals surface area contributed by atoms with E-state index in [9.17, 15) is 8.42 Å². The first kappa shape index (κ1) is 10.9. The Morgan fingerprint density at radius 3 is 2.87 bits per heavy atom. The lowest BCUT2D eigenvalue weighted by Crippen LogP contribution is -2.28. The lowest BCUT2D eigenvalue weighted by Gasteiger charge is -2.23. The van der Waals surface area contributed by atoms with Crippen LogP contribution < -0.4 is 5.73 Å². The molecule has 1 aromatic heterocycles. The van der Waals surface area contributed by atoms with E-state index in [0.717, 1.165) is 6.42 Å². The summed E-state index contributed by atoms with van der Waals surface area (Å²) < 4.78 is 25.2. The summed E-state index contributed by atoms with van der Waals surface area (Å²) in [5, 5.41) is 4.08. The highest BCUT2D eigenvalue weighted by Crippen LogP contribution is 2.28. The molecule has 1 unspecified atom stereocenters. The summed E-state index contributed by atoms with van der Waals surface area (Å²) in [7, 11) is -2.92. The van der Waals surface area contributed by atoms with E-state index in [1.807, 2.05) is 0 Å². The molecule has 0 saturated carbocycles. The second-order valence-corrected chi connectivity index (χ2v) is 6.82. The number of hydrogen-bond acceptors (Lipinski definition) is 4. The summed E-state index contributed by atoms with van der Waals surface area (Å²) in [5.41, 5.74) is 5.78. The molecule has 1 aromatic rings. The van der Waals surface area contributed by atoms with Gasteiger partial charge in [-0.15, -0.1) is 0 Å². The highest BCUT2D eigenvalue weighted by Gasteiger charge is 2.27. The first-order valence-electron chi connectivity index (χ1n) is 4.68. The fraction of sp³-hybridized carbons (Fsp3) is 0.625. The van der Waals surface area contributed by atoms with Gasteiger partial charge in [0.1, 0.15) is 5.82 Å². The van der Waals surface area contributed by atoms with Crippen LogP contribution in [0.15, 0.2) is 10.7 Å². The van der Waals surface area contributed by atoms with Crippen molar-refractivity contribution in [1.82, 2.24) is 9.78 Å². The Morgan fingerprint density at radius 2 is 2.33 bits per heavy atom. The largest absolute Gasteiger partial charge is 0.383 e. The molecule has 7 heteroatoms. The third kappa shape index (κ3) is 2.17. The molecular formula is C8H12BrN3O2S. The van der Waals surface area contributed by atoms with Crippen molar-refractivity contribution in [3.05, 3.63) is 10.7 Å². The van der Waals surface area contributed by atoms with Crippen LogP contribution in [0.5, 0.6) is 0 Å². The van der Waals surface area contributed by atoms with Gasteiger partial charge in [0.25, 0.3) is 0 Å². The molecule has 0 aromatic carbocycles. The molecule has 0 spiro atoms. The van der Waals surface area contributed by atoms with Gasteiger partial charge in [0.2, 0.25) is 0 Å². The molecule has 1 saturated heterocycles. The zero-order chi connectivity index (χ0) is 11.1. The number of hydrogen-bond donors (Lipinski definition) is 1. The van der Waals surface area contributed by atoms with Gasteiger partial charge in [0.15, 0.2) is 9.84 Å². The normalized spacial score (nSPS) is 25.3. The van der Waals surface area contributed by atoms with Gasteiger partial charge in [-0.25, -0.2) is 13.1 Å². The van der Waals surface area contributed by atoms with E-state index >= 15 is 0 Å². The maximum absolute atomic E-state index is 11.5. The van der Waals surface area contributed by atoms with Crippen molar-refractivity contribution in [1.29, 1.82) is 0 Å². The Morgan fingerprint density at radius 1 is 1.60 bits per heavy atom. The molecule has 15 heavy (non-hydrogen) atoms. The second kappa shape index (κ2) is 3.79. The number of nitrogen functional groups attached to an aromatic ring is 1. The van der Waals surface area contributed by atoms with Crippen molar-refractivity contribution in [2.75, 3.05) is 17.2 Å². The number of sulfone groups is 1. The predicted molar refractivity (Wildman–Crippen MR) is 61.3 cm³/mol. The lowest BCUT2D eigenvalue weighted by atomic mass is 10.2. The number of nitrogens with two attached hydrogens (primary N) is 1. The molecule has 2 rings (SSSR count). The van der Waals surface area contributed by atoms with E-state index in [0.29, 0.717) is 16.7 Å². The van der Waals surface area contributed by atoms with Gasteiger partial charge >= 0.3 is 0 Å². The minimum atomic E-state index is -2.92. The summed E-state index contributed by atoms with van der Waals surface area (Å²) in [6.45, 7) is 0. The molecule has 0 radical (unpaired) electrons. The fourth-order valence-electron chi connectivity index (χ4n) is 1.83. The molecule has 0 amide bonds. The van der Waals surface area contributed by atoms with Crippen molar-refractivity contribution in [2.45, 2.75) is 18.9 Å². The van der Waals surface area contributed by atoms with E-state index in [2.05, 4.69) is 21.0 Å². The maximum atomic E-state index is 11.5. The van der Waals surface area contributed by atoms with Crippen LogP contribution in [0.25, 0.3) is 0 Å². The van der Waals surface area contributed by atoms with E-state index in [1.165, 1.54) is 0 Å². The Labute approximate surface area is 96.7 Å². The van der Waals surface area contributed by atoms with Gasteiger partial charge < -0.3 is 5.73 Å². The Bertz CT molecular complexity index is 468. The Kier molecular flexibility index (Phi) is 2.76. The fourth-order valence-corrected chi connectivity index (χ4v) is 3.77. The van der Waals surface area contributed by atoms with Gasteiger partial charge in [0, 0.05) is 0 Å². The molecule has 0 aliphatic carbocycles. The topological polar surface area (TPSA) is 78.0 Å². The summed E-state index contributed by atoms with van der Waals surface area (Å²) in [6.07, 6.45) is 3.10. The molecule has 1 aliphatic heterocycles. The van der Waals surface area contributed by atoms with E-state index in [1.54, 1.807) is 10.9 Å². The minimum Gasteiger partial charge on any atom is -0.383 e. The summed E-state index contributed by atoms with van der Waals surface area (Å²) in [5.74, 6) is 0.925. The third-order valence-corrected chi connectivity index (χ3v) is 4.99. The van der Waals surface area contributed by atoms with Crippen molar-refractivity contribution in [2.24, 2.45) is 0 Å². The summed E-state index contributed by atoms with van der Waals surface area (Å²) in [6, 6.07) is -0.116. The smallest absolute Gasteiger partial charge is 0.152 e. The first-order chi connectivity index (χ1) is 6.99. The number of anilines is 1. The summed E-state index contributed by atoms with van der Waals surface area (Å²) in [4.78, 5) is 0. The zero-order valence-corrected chi connectivity index (χ0v) is 10.5. The number of aromatic nitrogens is 2. The molecule has 1 aliphatic rings. The van der Waals surface area contributed by atoms with Crippen LogP contribution in [-0.4, -0.2) is 29.7 Å². The third-order valence-electron chi connectivity index (χ3n) is 2.57. The number of halogens is 1. The molecule has 1 fully saturated rings. The standard InChI is InChI=1S/C8H12BrN3O2S/c9-7-4-11-12(8(7)10)6-2-1-3-15(13,14)5-6/h4,6H,1-3,5,10H2. The van der Waals surface area contributed by atoms with Crippen LogP contribution in [0, 0.1) is 0 Å². The maximum Gasteiger partial charge on any atom is 0.152 e. The molecule has 0 bridgehead atoms. The average Bonchev–Trinajstić information content (AvgIpc) is 2.46. The van der Waals surface area contributed by atoms with Crippen LogP contribution >= 0.6 is 15.9 Å². The lowest BCUT2D eigenvalue weighted by molar-refractivity contribution is 0.440. The predicted octanol–water partition coefficient (Wildman–Crippen LogP) is 0.978. The van der Waals surface area contributed by atoms with Gasteiger partial charge in [-0.05, 0) is 28.8 Å². The van der Waals surface area contributed by atoms with Crippen molar-refractivity contribution >= 4 is 31.6 Å². The number of rotatable bonds is 1. The molecule has 5 nitrogen and oxygen atoms in total. The van der Waals surface area contributed by atoms with Gasteiger partial charge in [-0.1, -0.05) is 0 Å². The number of nitrogens with zero attached hydrogens (tertiary/aromatic N) is 2. The highest BCUT2D eigenvalue weighted by atomic mass is 79.9. The zero-order valence-electron chi connectivity index (χ0n) is 8.06. The van der Waals surface area contributed by atoms with Gasteiger partial charge in [-0.2, -0.15) is 5.10 Å². The quantitative estimate of drug-likeness (QED) is 0.837. The van der Waals surface area contributed by atoms with Gasteiger partial charge in [0.05, 0.1) is 28.2 Å². The van der Waals surface area contributed by atoms with Gasteiger partial charge in [-0.3, -0.25) is 0 Å². The first-order valence-corrected chi connectivity index (χ1v) is 7.30. The molecular weight excluding hydrogens is 282 g/mol. The van der Waals surface area contributed by atoms with Crippen LogP contribution in [0.1, 0.15) is 18.9 Å². The van der Waals surface area contributed by atoms with Crippen LogP contribution in [0.4, 0.5) is 5.82 Å². The van der Waals surface area contributed by atoms with Crippen molar-refractivity contribution < 1.29 is 8.42 Å². The molecule has 1 atom stereocenters. The van der Waals surface area contributed by atoms with Crippen molar-refractivity contribution in [3.63, 3.8) is 0 Å².